The van der Waals surface area contributed by atoms with Crippen LogP contribution in [0.2, 0.25) is 0 Å². The number of piperidine rings is 1. The van der Waals surface area contributed by atoms with Gasteiger partial charge in [0.05, 0.1) is 9.49 Å². The largest absolute Gasteiger partial charge is 0.481 e. The van der Waals surface area contributed by atoms with E-state index in [4.69, 9.17) is 5.11 Å². The zero-order valence-corrected chi connectivity index (χ0v) is 13.7. The molecule has 1 aromatic heterocycles. The van der Waals surface area contributed by atoms with Crippen molar-refractivity contribution in [3.05, 3.63) is 25.9 Å². The third-order valence-corrected chi connectivity index (χ3v) is 4.44. The monoisotopic (exact) mass is 405 g/mol. The molecule has 1 aromatic rings. The number of carboxylic acid groups (broad SMARTS) is 1. The predicted octanol–water partition coefficient (Wildman–Crippen LogP) is 0.480. The molecule has 2 rings (SSSR count). The molecule has 1 fully saturated rings. The number of likely N-dealkylation sites (tertiary alicyclic amines) is 1. The Balaban J connectivity index is 2.05. The molecule has 0 aliphatic carbocycles. The van der Waals surface area contributed by atoms with Gasteiger partial charge >= 0.3 is 5.97 Å². The van der Waals surface area contributed by atoms with Crippen LogP contribution in [0.5, 0.6) is 0 Å². The number of carboxylic acids is 1. The molecule has 0 aromatic carbocycles. The molecular weight excluding hydrogens is 389 g/mol. The Morgan fingerprint density at radius 2 is 2.05 bits per heavy atom. The highest BCUT2D eigenvalue weighted by Gasteiger charge is 2.27. The number of carbonyl (C=O) groups is 2. The fourth-order valence-electron chi connectivity index (χ4n) is 2.35. The molecular formula is C13H16IN3O4. The number of rotatable bonds is 3. The topological polar surface area (TPSA) is 92.5 Å². The molecule has 0 atom stereocenters. The first-order chi connectivity index (χ1) is 9.90. The van der Waals surface area contributed by atoms with Crippen LogP contribution in [0.4, 0.5) is 0 Å². The summed E-state index contributed by atoms with van der Waals surface area (Å²) in [7, 11) is 0. The highest BCUT2D eigenvalue weighted by molar-refractivity contribution is 14.1. The average molecular weight is 405 g/mol. The normalized spacial score (nSPS) is 16.0. The Kier molecular flexibility index (Phi) is 4.96. The van der Waals surface area contributed by atoms with Crippen molar-refractivity contribution in [3.63, 3.8) is 0 Å². The van der Waals surface area contributed by atoms with E-state index in [0.29, 0.717) is 35.3 Å². The zero-order valence-electron chi connectivity index (χ0n) is 11.6. The van der Waals surface area contributed by atoms with E-state index in [-0.39, 0.29) is 23.9 Å². The van der Waals surface area contributed by atoms with Crippen LogP contribution < -0.4 is 5.56 Å². The van der Waals surface area contributed by atoms with Gasteiger partial charge in [-0.15, -0.1) is 0 Å². The Bertz CT molecular complexity index is 620. The van der Waals surface area contributed by atoms with Gasteiger partial charge in [-0.25, -0.2) is 4.98 Å². The summed E-state index contributed by atoms with van der Waals surface area (Å²) in [5.41, 5.74) is -0.225. The van der Waals surface area contributed by atoms with Gasteiger partial charge in [-0.05, 0) is 42.4 Å². The van der Waals surface area contributed by atoms with E-state index in [1.807, 2.05) is 22.6 Å². The first-order valence-corrected chi connectivity index (χ1v) is 7.70. The Morgan fingerprint density at radius 3 is 2.62 bits per heavy atom. The SMILES string of the molecule is Cc1ncc(I)c(=O)n1CC(=O)N1CCC(C(=O)O)CC1. The van der Waals surface area contributed by atoms with Gasteiger partial charge in [0.25, 0.3) is 5.56 Å². The molecule has 0 spiro atoms. The zero-order chi connectivity index (χ0) is 15.6. The Hall–Kier alpha value is -1.45. The minimum absolute atomic E-state index is 0.0494. The van der Waals surface area contributed by atoms with Crippen LogP contribution in [0.25, 0.3) is 0 Å². The van der Waals surface area contributed by atoms with Gasteiger partial charge in [-0.3, -0.25) is 19.0 Å². The van der Waals surface area contributed by atoms with Crippen molar-refractivity contribution < 1.29 is 14.7 Å². The van der Waals surface area contributed by atoms with Gasteiger partial charge in [0.15, 0.2) is 0 Å². The van der Waals surface area contributed by atoms with Gasteiger partial charge < -0.3 is 10.0 Å². The molecule has 0 bridgehead atoms. The molecule has 1 aliphatic rings. The summed E-state index contributed by atoms with van der Waals surface area (Å²) in [6, 6.07) is 0. The number of hydrogen-bond acceptors (Lipinski definition) is 4. The Labute approximate surface area is 135 Å². The van der Waals surface area contributed by atoms with Crippen molar-refractivity contribution in [2.24, 2.45) is 5.92 Å². The molecule has 2 heterocycles. The minimum atomic E-state index is -0.809. The third kappa shape index (κ3) is 3.60. The van der Waals surface area contributed by atoms with Crippen LogP contribution in [-0.2, 0) is 16.1 Å². The van der Waals surface area contributed by atoms with E-state index >= 15 is 0 Å². The molecule has 0 saturated carbocycles. The van der Waals surface area contributed by atoms with Crippen molar-refractivity contribution in [1.82, 2.24) is 14.5 Å². The van der Waals surface area contributed by atoms with Gasteiger partial charge in [-0.1, -0.05) is 0 Å². The lowest BCUT2D eigenvalue weighted by atomic mass is 9.97. The fourth-order valence-corrected chi connectivity index (χ4v) is 2.78. The van der Waals surface area contributed by atoms with Gasteiger partial charge in [-0.2, -0.15) is 0 Å². The summed E-state index contributed by atoms with van der Waals surface area (Å²) in [5.74, 6) is -0.865. The molecule has 1 N–H and O–H groups in total. The minimum Gasteiger partial charge on any atom is -0.481 e. The second-order valence-electron chi connectivity index (χ2n) is 5.04. The van der Waals surface area contributed by atoms with E-state index < -0.39 is 5.97 Å². The summed E-state index contributed by atoms with van der Waals surface area (Å²) in [4.78, 5) is 40.9. The molecule has 0 unspecified atom stereocenters. The lowest BCUT2D eigenvalue weighted by molar-refractivity contribution is -0.145. The van der Waals surface area contributed by atoms with Gasteiger partial charge in [0, 0.05) is 19.3 Å². The van der Waals surface area contributed by atoms with Crippen molar-refractivity contribution in [1.29, 1.82) is 0 Å². The maximum absolute atomic E-state index is 12.2. The van der Waals surface area contributed by atoms with E-state index in [2.05, 4.69) is 4.98 Å². The average Bonchev–Trinajstić information content (AvgIpc) is 2.47. The van der Waals surface area contributed by atoms with Crippen molar-refractivity contribution >= 4 is 34.5 Å². The van der Waals surface area contributed by atoms with Crippen LogP contribution in [0.3, 0.4) is 0 Å². The molecule has 7 nitrogen and oxygen atoms in total. The summed E-state index contributed by atoms with van der Waals surface area (Å²) in [5, 5.41) is 8.94. The number of amides is 1. The summed E-state index contributed by atoms with van der Waals surface area (Å²) >= 11 is 1.89. The van der Waals surface area contributed by atoms with Gasteiger partial charge in [0.2, 0.25) is 5.91 Å². The van der Waals surface area contributed by atoms with Crippen LogP contribution >= 0.6 is 22.6 Å². The Morgan fingerprint density at radius 1 is 1.43 bits per heavy atom. The first kappa shape index (κ1) is 15.9. The number of aliphatic carboxylic acids is 1. The van der Waals surface area contributed by atoms with E-state index in [1.54, 1.807) is 11.8 Å². The van der Waals surface area contributed by atoms with Gasteiger partial charge in [0.1, 0.15) is 12.4 Å². The third-order valence-electron chi connectivity index (χ3n) is 3.70. The smallest absolute Gasteiger partial charge is 0.306 e. The molecule has 1 saturated heterocycles. The highest BCUT2D eigenvalue weighted by Crippen LogP contribution is 2.17. The van der Waals surface area contributed by atoms with Crippen LogP contribution in [0, 0.1) is 16.4 Å². The number of aryl methyl sites for hydroxylation is 1. The maximum Gasteiger partial charge on any atom is 0.306 e. The van der Waals surface area contributed by atoms with Crippen LogP contribution in [-0.4, -0.2) is 44.5 Å². The quantitative estimate of drug-likeness (QED) is 0.739. The van der Waals surface area contributed by atoms with Crippen molar-refractivity contribution in [2.75, 3.05) is 13.1 Å². The molecule has 1 aliphatic heterocycles. The van der Waals surface area contributed by atoms with Crippen LogP contribution in [0.15, 0.2) is 11.0 Å². The van der Waals surface area contributed by atoms with E-state index in [0.717, 1.165) is 0 Å². The predicted molar refractivity (Wildman–Crippen MR) is 82.9 cm³/mol. The molecule has 114 valence electrons. The van der Waals surface area contributed by atoms with Crippen molar-refractivity contribution in [3.8, 4) is 0 Å². The maximum atomic E-state index is 12.2. The number of hydrogen-bond donors (Lipinski definition) is 1. The van der Waals surface area contributed by atoms with E-state index in [1.165, 1.54) is 10.8 Å². The summed E-state index contributed by atoms with van der Waals surface area (Å²) < 4.78 is 1.82. The van der Waals surface area contributed by atoms with Crippen LogP contribution in [0.1, 0.15) is 18.7 Å². The standard InChI is InChI=1S/C13H16IN3O4/c1-8-15-6-10(14)12(19)17(8)7-11(18)16-4-2-9(3-5-16)13(20)21/h6,9H,2-5,7H2,1H3,(H,20,21). The van der Waals surface area contributed by atoms with Crippen molar-refractivity contribution in [2.45, 2.75) is 26.3 Å². The first-order valence-electron chi connectivity index (χ1n) is 6.62. The molecule has 1 amide bonds. The van der Waals surface area contributed by atoms with E-state index in [9.17, 15) is 14.4 Å². The number of aromatic nitrogens is 2. The molecule has 0 radical (unpaired) electrons. The molecule has 8 heteroatoms. The molecule has 21 heavy (non-hydrogen) atoms. The number of halogens is 1. The summed E-state index contributed by atoms with van der Waals surface area (Å²) in [6.45, 7) is 2.47. The lowest BCUT2D eigenvalue weighted by Gasteiger charge is -2.30. The number of carbonyl (C=O) groups excluding carboxylic acids is 1. The second-order valence-corrected chi connectivity index (χ2v) is 6.20. The summed E-state index contributed by atoms with van der Waals surface area (Å²) in [6.07, 6.45) is 2.40. The lowest BCUT2D eigenvalue weighted by Crippen LogP contribution is -2.43. The fraction of sp³-hybridized carbons (Fsp3) is 0.538. The second kappa shape index (κ2) is 6.54. The number of nitrogens with zero attached hydrogens (tertiary/aromatic N) is 3. The highest BCUT2D eigenvalue weighted by atomic mass is 127.